The van der Waals surface area contributed by atoms with Crippen LogP contribution >= 0.6 is 11.8 Å². The molecule has 0 N–H and O–H groups in total. The topological polar surface area (TPSA) is 75.5 Å². The van der Waals surface area contributed by atoms with E-state index in [1.54, 1.807) is 18.9 Å². The minimum Gasteiger partial charge on any atom is -0.497 e. The summed E-state index contributed by atoms with van der Waals surface area (Å²) in [5.74, 6) is 2.15. The molecule has 140 valence electrons. The number of benzene rings is 2. The minimum absolute atomic E-state index is 0.440. The molecule has 0 saturated carbocycles. The van der Waals surface area contributed by atoms with Crippen molar-refractivity contribution in [3.8, 4) is 28.6 Å². The second-order valence-corrected chi connectivity index (χ2v) is 6.48. The molecule has 1 atom stereocenters. The average Bonchev–Trinajstić information content (AvgIpc) is 3.16. The van der Waals surface area contributed by atoms with Crippen molar-refractivity contribution in [1.82, 2.24) is 14.8 Å². The third-order valence-corrected chi connectivity index (χ3v) is 4.74. The molecule has 0 aliphatic heterocycles. The number of hydrogen-bond acceptors (Lipinski definition) is 7. The molecule has 0 aliphatic carbocycles. The van der Waals surface area contributed by atoms with Gasteiger partial charge in [-0.3, -0.25) is 4.79 Å². The Kier molecular flexibility index (Phi) is 6.10. The van der Waals surface area contributed by atoms with Crippen LogP contribution in [0.3, 0.4) is 0 Å². The van der Waals surface area contributed by atoms with Crippen molar-refractivity contribution >= 4 is 18.0 Å². The summed E-state index contributed by atoms with van der Waals surface area (Å²) in [5.41, 5.74) is 1.02. The molecule has 1 unspecified atom stereocenters. The largest absolute Gasteiger partial charge is 0.497 e. The molecule has 0 spiro atoms. The Morgan fingerprint density at radius 3 is 2.07 bits per heavy atom. The summed E-state index contributed by atoms with van der Waals surface area (Å²) in [6.07, 6.45) is 0.714. The van der Waals surface area contributed by atoms with Crippen LogP contribution in [0.2, 0.25) is 0 Å². The number of ether oxygens (including phenoxy) is 3. The van der Waals surface area contributed by atoms with Crippen LogP contribution in [0.1, 0.15) is 0 Å². The van der Waals surface area contributed by atoms with Crippen molar-refractivity contribution in [2.75, 3.05) is 21.3 Å². The van der Waals surface area contributed by atoms with Crippen molar-refractivity contribution in [3.05, 3.63) is 48.5 Å². The Labute approximate surface area is 161 Å². The molecule has 0 aliphatic rings. The van der Waals surface area contributed by atoms with E-state index >= 15 is 0 Å². The predicted molar refractivity (Wildman–Crippen MR) is 103 cm³/mol. The van der Waals surface area contributed by atoms with E-state index in [2.05, 4.69) is 10.1 Å². The summed E-state index contributed by atoms with van der Waals surface area (Å²) in [5, 5.41) is 4.99. The van der Waals surface area contributed by atoms with Gasteiger partial charge >= 0.3 is 0 Å². The van der Waals surface area contributed by atoms with Gasteiger partial charge < -0.3 is 14.2 Å². The summed E-state index contributed by atoms with van der Waals surface area (Å²) in [4.78, 5) is 15.7. The number of methoxy groups -OCH3 is 3. The summed E-state index contributed by atoms with van der Waals surface area (Å²) < 4.78 is 17.3. The Hall–Kier alpha value is -2.84. The normalized spacial score (nSPS) is 11.8. The van der Waals surface area contributed by atoms with Crippen molar-refractivity contribution in [2.45, 2.75) is 10.6 Å². The number of aromatic nitrogens is 3. The third kappa shape index (κ3) is 4.29. The summed E-state index contributed by atoms with van der Waals surface area (Å²) in [6, 6.07) is 15.0. The lowest BCUT2D eigenvalue weighted by Gasteiger charge is -2.07. The maximum Gasteiger partial charge on any atom is 0.212 e. The van der Waals surface area contributed by atoms with Crippen LogP contribution in [-0.2, 0) is 9.53 Å². The van der Waals surface area contributed by atoms with Crippen LogP contribution in [0.15, 0.2) is 53.7 Å². The van der Waals surface area contributed by atoms with Gasteiger partial charge in [0.2, 0.25) is 5.16 Å². The van der Waals surface area contributed by atoms with Crippen LogP contribution in [0, 0.1) is 0 Å². The van der Waals surface area contributed by atoms with Crippen LogP contribution in [0.4, 0.5) is 0 Å². The molecule has 0 radical (unpaired) electrons. The van der Waals surface area contributed by atoms with Gasteiger partial charge in [0.05, 0.1) is 19.9 Å². The lowest BCUT2D eigenvalue weighted by molar-refractivity contribution is -0.112. The zero-order chi connectivity index (χ0) is 19.2. The highest BCUT2D eigenvalue weighted by atomic mass is 32.2. The molecule has 27 heavy (non-hydrogen) atoms. The van der Waals surface area contributed by atoms with E-state index in [9.17, 15) is 4.79 Å². The number of rotatable bonds is 8. The van der Waals surface area contributed by atoms with E-state index in [1.165, 1.54) is 7.11 Å². The molecule has 8 heteroatoms. The summed E-state index contributed by atoms with van der Waals surface area (Å²) in [7, 11) is 4.71. The van der Waals surface area contributed by atoms with Crippen LogP contribution < -0.4 is 9.47 Å². The van der Waals surface area contributed by atoms with Crippen LogP contribution in [-0.4, -0.2) is 47.8 Å². The van der Waals surface area contributed by atoms with Gasteiger partial charge in [0.15, 0.2) is 17.5 Å². The van der Waals surface area contributed by atoms with E-state index in [0.717, 1.165) is 34.5 Å². The number of thioether (sulfide) groups is 1. The molecule has 0 amide bonds. The van der Waals surface area contributed by atoms with E-state index in [4.69, 9.17) is 14.2 Å². The highest BCUT2D eigenvalue weighted by Crippen LogP contribution is 2.28. The van der Waals surface area contributed by atoms with Crippen molar-refractivity contribution < 1.29 is 19.0 Å². The highest BCUT2D eigenvalue weighted by Gasteiger charge is 2.18. The van der Waals surface area contributed by atoms with Gasteiger partial charge in [0.25, 0.3) is 0 Å². The first-order valence-corrected chi connectivity index (χ1v) is 8.97. The second-order valence-electron chi connectivity index (χ2n) is 5.41. The van der Waals surface area contributed by atoms with Gasteiger partial charge in [0, 0.05) is 12.7 Å². The van der Waals surface area contributed by atoms with Crippen molar-refractivity contribution in [2.24, 2.45) is 0 Å². The molecule has 0 bridgehead atoms. The van der Waals surface area contributed by atoms with Crippen molar-refractivity contribution in [1.29, 1.82) is 0 Å². The van der Waals surface area contributed by atoms with E-state index < -0.39 is 5.44 Å². The molecular formula is C19H19N3O4S. The molecule has 7 nitrogen and oxygen atoms in total. The van der Waals surface area contributed by atoms with Gasteiger partial charge in [-0.2, -0.15) is 0 Å². The van der Waals surface area contributed by atoms with E-state index in [1.807, 2.05) is 48.5 Å². The maximum atomic E-state index is 11.1. The van der Waals surface area contributed by atoms with E-state index in [0.29, 0.717) is 17.3 Å². The first kappa shape index (κ1) is 18.9. The van der Waals surface area contributed by atoms with Gasteiger partial charge in [-0.15, -0.1) is 5.10 Å². The number of carbonyl (C=O) groups excluding carboxylic acids is 1. The lowest BCUT2D eigenvalue weighted by atomic mass is 10.2. The molecular weight excluding hydrogens is 366 g/mol. The Bertz CT molecular complexity index is 829. The molecule has 0 fully saturated rings. The Morgan fingerprint density at radius 1 is 0.963 bits per heavy atom. The van der Waals surface area contributed by atoms with Crippen LogP contribution in [0.5, 0.6) is 11.5 Å². The van der Waals surface area contributed by atoms with E-state index in [-0.39, 0.29) is 0 Å². The highest BCUT2D eigenvalue weighted by molar-refractivity contribution is 8.00. The molecule has 0 saturated heterocycles. The van der Waals surface area contributed by atoms with Crippen LogP contribution in [0.25, 0.3) is 17.1 Å². The third-order valence-electron chi connectivity index (χ3n) is 3.82. The van der Waals surface area contributed by atoms with Crippen molar-refractivity contribution in [3.63, 3.8) is 0 Å². The molecule has 1 heterocycles. The number of carbonyl (C=O) groups is 1. The smallest absolute Gasteiger partial charge is 0.212 e. The fourth-order valence-electron chi connectivity index (χ4n) is 2.41. The Morgan fingerprint density at radius 2 is 1.56 bits per heavy atom. The predicted octanol–water partition coefficient (Wildman–Crippen LogP) is 3.22. The van der Waals surface area contributed by atoms with Gasteiger partial charge in [-0.25, -0.2) is 9.67 Å². The molecule has 3 rings (SSSR count). The summed E-state index contributed by atoms with van der Waals surface area (Å²) in [6.45, 7) is 0. The lowest BCUT2D eigenvalue weighted by Crippen LogP contribution is -2.06. The molecule has 3 aromatic rings. The minimum atomic E-state index is -0.666. The fraction of sp³-hybridized carbons (Fsp3) is 0.211. The fourth-order valence-corrected chi connectivity index (χ4v) is 3.04. The van der Waals surface area contributed by atoms with Gasteiger partial charge in [-0.1, -0.05) is 0 Å². The molecule has 1 aromatic heterocycles. The quantitative estimate of drug-likeness (QED) is 0.335. The zero-order valence-electron chi connectivity index (χ0n) is 15.2. The first-order chi connectivity index (χ1) is 13.2. The summed E-state index contributed by atoms with van der Waals surface area (Å²) >= 11 is 1.15. The zero-order valence-corrected chi connectivity index (χ0v) is 16.0. The monoisotopic (exact) mass is 385 g/mol. The maximum absolute atomic E-state index is 11.1. The SMILES string of the molecule is COc1ccc(-c2nc(SC(C=O)OC)nn2-c2ccc(OC)cc2)cc1. The first-order valence-electron chi connectivity index (χ1n) is 8.09. The van der Waals surface area contributed by atoms with Gasteiger partial charge in [-0.05, 0) is 60.3 Å². The number of aldehydes is 1. The Balaban J connectivity index is 2.04. The average molecular weight is 385 g/mol. The van der Waals surface area contributed by atoms with Gasteiger partial charge in [0.1, 0.15) is 11.5 Å². The second kappa shape index (κ2) is 8.70. The number of nitrogens with zero attached hydrogens (tertiary/aromatic N) is 3. The number of hydrogen-bond donors (Lipinski definition) is 0. The standard InChI is InChI=1S/C19H19N3O4S/c1-24-15-8-4-13(5-9-15)18-20-19(27-17(12-23)26-3)21-22(18)14-6-10-16(25-2)11-7-14/h4-12,17H,1-3H3. The molecule has 2 aromatic carbocycles.